The number of aryl methyl sites for hydroxylation is 1. The lowest BCUT2D eigenvalue weighted by Gasteiger charge is -2.14. The summed E-state index contributed by atoms with van der Waals surface area (Å²) in [5, 5.41) is 14.8. The Morgan fingerprint density at radius 3 is 2.63 bits per heavy atom. The summed E-state index contributed by atoms with van der Waals surface area (Å²) < 4.78 is 7.25. The van der Waals surface area contributed by atoms with Crippen molar-refractivity contribution in [2.75, 3.05) is 26.7 Å². The zero-order valence-electron chi connectivity index (χ0n) is 16.5. The maximum absolute atomic E-state index is 5.19. The van der Waals surface area contributed by atoms with Crippen LogP contribution in [0.15, 0.2) is 47.7 Å². The lowest BCUT2D eigenvalue weighted by Crippen LogP contribution is -2.40. The molecule has 0 unspecified atom stereocenters. The number of aliphatic imine (C=N–C) groups is 1. The number of hydrogen-bond acceptors (Lipinski definition) is 4. The van der Waals surface area contributed by atoms with Crippen molar-refractivity contribution in [1.82, 2.24) is 25.4 Å². The fourth-order valence-corrected chi connectivity index (χ4v) is 2.54. The summed E-state index contributed by atoms with van der Waals surface area (Å²) >= 11 is 0. The number of aromatic nitrogens is 3. The van der Waals surface area contributed by atoms with Crippen molar-refractivity contribution >= 4 is 5.96 Å². The first-order valence-electron chi connectivity index (χ1n) is 9.28. The van der Waals surface area contributed by atoms with Gasteiger partial charge in [0.25, 0.3) is 0 Å². The Labute approximate surface area is 161 Å². The Balaban J connectivity index is 1.83. The quantitative estimate of drug-likeness (QED) is 0.381. The second-order valence-electron chi connectivity index (χ2n) is 6.37. The molecule has 2 N–H and O–H groups in total. The fourth-order valence-electron chi connectivity index (χ4n) is 2.54. The van der Waals surface area contributed by atoms with Gasteiger partial charge in [-0.15, -0.1) is 10.2 Å². The maximum Gasteiger partial charge on any atom is 0.191 e. The average molecular weight is 371 g/mol. The number of nitrogens with one attached hydrogen (secondary N) is 2. The summed E-state index contributed by atoms with van der Waals surface area (Å²) in [7, 11) is 1.68. The van der Waals surface area contributed by atoms with Crippen molar-refractivity contribution in [3.05, 3.63) is 54.1 Å². The molecule has 0 fully saturated rings. The molecule has 1 heterocycles. The van der Waals surface area contributed by atoms with E-state index < -0.39 is 0 Å². The molecular weight excluding hydrogens is 340 g/mol. The Bertz CT molecular complexity index is 735. The number of guanidine groups is 1. The number of ether oxygens (including phenoxy) is 1. The molecule has 0 aliphatic rings. The summed E-state index contributed by atoms with van der Waals surface area (Å²) in [5.74, 6) is 2.65. The van der Waals surface area contributed by atoms with Crippen LogP contribution in [0, 0.1) is 0 Å². The van der Waals surface area contributed by atoms with Crippen molar-refractivity contribution in [2.45, 2.75) is 33.2 Å². The number of nitrogens with zero attached hydrogens (tertiary/aromatic N) is 4. The van der Waals surface area contributed by atoms with Gasteiger partial charge in [-0.2, -0.15) is 0 Å². The van der Waals surface area contributed by atoms with E-state index in [1.807, 2.05) is 19.1 Å². The molecule has 0 aliphatic carbocycles. The summed E-state index contributed by atoms with van der Waals surface area (Å²) in [6, 6.07) is 8.12. The van der Waals surface area contributed by atoms with Gasteiger partial charge in [-0.05, 0) is 31.0 Å². The Morgan fingerprint density at radius 2 is 1.96 bits per heavy atom. The van der Waals surface area contributed by atoms with Gasteiger partial charge < -0.3 is 19.9 Å². The molecule has 0 bridgehead atoms. The van der Waals surface area contributed by atoms with E-state index in [0.717, 1.165) is 55.6 Å². The summed E-state index contributed by atoms with van der Waals surface area (Å²) in [4.78, 5) is 4.58. The van der Waals surface area contributed by atoms with E-state index in [0.29, 0.717) is 6.54 Å². The third kappa shape index (κ3) is 7.13. The van der Waals surface area contributed by atoms with Gasteiger partial charge in [-0.25, -0.2) is 4.99 Å². The van der Waals surface area contributed by atoms with Crippen LogP contribution in [0.1, 0.15) is 25.2 Å². The van der Waals surface area contributed by atoms with E-state index in [1.165, 1.54) is 5.56 Å². The van der Waals surface area contributed by atoms with Gasteiger partial charge in [0.05, 0.1) is 13.7 Å². The van der Waals surface area contributed by atoms with Crippen LogP contribution >= 0.6 is 0 Å². The molecule has 1 aromatic heterocycles. The van der Waals surface area contributed by atoms with Gasteiger partial charge in [-0.3, -0.25) is 0 Å². The van der Waals surface area contributed by atoms with Crippen molar-refractivity contribution in [1.29, 1.82) is 0 Å². The Hall–Kier alpha value is -2.83. The first-order chi connectivity index (χ1) is 13.1. The molecule has 27 heavy (non-hydrogen) atoms. The number of hydrogen-bond donors (Lipinski definition) is 2. The van der Waals surface area contributed by atoms with Crippen molar-refractivity contribution in [2.24, 2.45) is 4.99 Å². The molecule has 2 aromatic rings. The van der Waals surface area contributed by atoms with Gasteiger partial charge in [-0.1, -0.05) is 31.2 Å². The van der Waals surface area contributed by atoms with E-state index >= 15 is 0 Å². The van der Waals surface area contributed by atoms with Crippen molar-refractivity contribution in [3.8, 4) is 5.75 Å². The van der Waals surface area contributed by atoms with Crippen LogP contribution < -0.4 is 15.4 Å². The zero-order chi connectivity index (χ0) is 19.5. The van der Waals surface area contributed by atoms with Gasteiger partial charge in [0.15, 0.2) is 5.96 Å². The topological polar surface area (TPSA) is 76.4 Å². The minimum Gasteiger partial charge on any atom is -0.497 e. The zero-order valence-corrected chi connectivity index (χ0v) is 16.5. The molecule has 2 rings (SSSR count). The smallest absolute Gasteiger partial charge is 0.191 e. The van der Waals surface area contributed by atoms with Gasteiger partial charge in [0, 0.05) is 26.1 Å². The monoisotopic (exact) mass is 370 g/mol. The van der Waals surface area contributed by atoms with Crippen LogP contribution in [-0.2, 0) is 19.4 Å². The molecule has 0 radical (unpaired) electrons. The standard InChI is InChI=1S/C20H30N6O/c1-5-19-25-24-15-26(19)13-12-22-20(23-14-16(2)3)21-11-10-17-6-8-18(27-4)9-7-17/h6-9,15H,2,5,10-14H2,1,3-4H3,(H2,21,22,23). The van der Waals surface area contributed by atoms with Crippen LogP contribution in [0.2, 0.25) is 0 Å². The predicted octanol–water partition coefficient (Wildman–Crippen LogP) is 2.20. The molecule has 0 atom stereocenters. The van der Waals surface area contributed by atoms with Gasteiger partial charge >= 0.3 is 0 Å². The van der Waals surface area contributed by atoms with Crippen LogP contribution in [0.4, 0.5) is 0 Å². The highest BCUT2D eigenvalue weighted by atomic mass is 16.5. The van der Waals surface area contributed by atoms with Crippen LogP contribution in [-0.4, -0.2) is 47.5 Å². The molecule has 0 saturated carbocycles. The van der Waals surface area contributed by atoms with E-state index in [2.05, 4.69) is 56.0 Å². The summed E-state index contributed by atoms with van der Waals surface area (Å²) in [5.41, 5.74) is 2.28. The van der Waals surface area contributed by atoms with E-state index in [-0.39, 0.29) is 0 Å². The largest absolute Gasteiger partial charge is 0.497 e. The first-order valence-corrected chi connectivity index (χ1v) is 9.28. The van der Waals surface area contributed by atoms with Crippen molar-refractivity contribution in [3.63, 3.8) is 0 Å². The number of methoxy groups -OCH3 is 1. The third-order valence-corrected chi connectivity index (χ3v) is 4.03. The molecule has 0 aliphatic heterocycles. The molecule has 0 amide bonds. The van der Waals surface area contributed by atoms with Gasteiger partial charge in [0.1, 0.15) is 17.9 Å². The molecule has 0 saturated heterocycles. The minimum atomic E-state index is 0.602. The average Bonchev–Trinajstić information content (AvgIpc) is 3.13. The van der Waals surface area contributed by atoms with Gasteiger partial charge in [0.2, 0.25) is 0 Å². The Kier molecular flexibility index (Phi) is 8.35. The predicted molar refractivity (Wildman–Crippen MR) is 109 cm³/mol. The Morgan fingerprint density at radius 1 is 1.22 bits per heavy atom. The van der Waals surface area contributed by atoms with E-state index in [4.69, 9.17) is 4.74 Å². The van der Waals surface area contributed by atoms with Crippen LogP contribution in [0.3, 0.4) is 0 Å². The molecular formula is C20H30N6O. The van der Waals surface area contributed by atoms with E-state index in [9.17, 15) is 0 Å². The maximum atomic E-state index is 5.19. The SMILES string of the molecule is C=C(C)CN=C(NCCc1ccc(OC)cc1)NCCn1cnnc1CC. The molecule has 7 nitrogen and oxygen atoms in total. The number of benzene rings is 1. The normalized spacial score (nSPS) is 11.3. The van der Waals surface area contributed by atoms with Crippen molar-refractivity contribution < 1.29 is 4.74 Å². The highest BCUT2D eigenvalue weighted by Gasteiger charge is 2.03. The lowest BCUT2D eigenvalue weighted by atomic mass is 10.1. The molecule has 146 valence electrons. The number of rotatable bonds is 10. The highest BCUT2D eigenvalue weighted by molar-refractivity contribution is 5.79. The molecule has 1 aromatic carbocycles. The fraction of sp³-hybridized carbons (Fsp3) is 0.450. The lowest BCUT2D eigenvalue weighted by molar-refractivity contribution is 0.414. The van der Waals surface area contributed by atoms with E-state index in [1.54, 1.807) is 13.4 Å². The third-order valence-electron chi connectivity index (χ3n) is 4.03. The second-order valence-corrected chi connectivity index (χ2v) is 6.37. The second kappa shape index (κ2) is 11.0. The van der Waals surface area contributed by atoms with Crippen LogP contribution in [0.5, 0.6) is 5.75 Å². The summed E-state index contributed by atoms with van der Waals surface area (Å²) in [6.07, 6.45) is 3.54. The molecule has 7 heteroatoms. The summed E-state index contributed by atoms with van der Waals surface area (Å²) in [6.45, 7) is 10.9. The molecule has 0 spiro atoms. The highest BCUT2D eigenvalue weighted by Crippen LogP contribution is 2.11. The van der Waals surface area contributed by atoms with Crippen LogP contribution in [0.25, 0.3) is 0 Å². The minimum absolute atomic E-state index is 0.602. The first kappa shape index (κ1) is 20.5.